The molecule has 6 nitrogen and oxygen atoms in total. The molecule has 2 aliphatic rings. The van der Waals surface area contributed by atoms with Crippen LogP contribution in [0, 0.1) is 0 Å². The minimum Gasteiger partial charge on any atom is -0.346 e. The molecule has 1 amide bonds. The van der Waals surface area contributed by atoms with E-state index in [1.165, 1.54) is 0 Å². The molecule has 2 saturated heterocycles. The SMILES string of the molecule is O=C(Cc1c[nH]c2ncccc12)N1CCC(N2CCNCC2)C1. The summed E-state index contributed by atoms with van der Waals surface area (Å²) in [4.78, 5) is 24.6. The van der Waals surface area contributed by atoms with Crippen LogP contribution in [0.2, 0.25) is 0 Å². The fourth-order valence-electron chi connectivity index (χ4n) is 3.75. The van der Waals surface area contributed by atoms with Gasteiger partial charge in [-0.15, -0.1) is 0 Å². The molecule has 2 aromatic heterocycles. The van der Waals surface area contributed by atoms with Gasteiger partial charge in [0.15, 0.2) is 0 Å². The fraction of sp³-hybridized carbons (Fsp3) is 0.529. The lowest BCUT2D eigenvalue weighted by Crippen LogP contribution is -2.49. The van der Waals surface area contributed by atoms with E-state index in [4.69, 9.17) is 0 Å². The van der Waals surface area contributed by atoms with E-state index in [1.54, 1.807) is 6.20 Å². The highest BCUT2D eigenvalue weighted by Crippen LogP contribution is 2.20. The summed E-state index contributed by atoms with van der Waals surface area (Å²) in [5.41, 5.74) is 1.90. The zero-order chi connectivity index (χ0) is 15.6. The molecule has 0 saturated carbocycles. The molecule has 2 aliphatic heterocycles. The zero-order valence-corrected chi connectivity index (χ0v) is 13.3. The van der Waals surface area contributed by atoms with Crippen molar-refractivity contribution in [2.75, 3.05) is 39.3 Å². The lowest BCUT2D eigenvalue weighted by atomic mass is 10.1. The summed E-state index contributed by atoms with van der Waals surface area (Å²) in [5, 5.41) is 4.44. The molecule has 0 aliphatic carbocycles. The van der Waals surface area contributed by atoms with Gasteiger partial charge < -0.3 is 15.2 Å². The lowest BCUT2D eigenvalue weighted by Gasteiger charge is -2.32. The van der Waals surface area contributed by atoms with Crippen LogP contribution in [0.1, 0.15) is 12.0 Å². The van der Waals surface area contributed by atoms with Crippen molar-refractivity contribution in [1.82, 2.24) is 25.1 Å². The Labute approximate surface area is 135 Å². The number of amides is 1. The molecule has 4 rings (SSSR count). The number of hydrogen-bond donors (Lipinski definition) is 2. The third-order valence-electron chi connectivity index (χ3n) is 5.06. The van der Waals surface area contributed by atoms with Gasteiger partial charge in [0.1, 0.15) is 5.65 Å². The Morgan fingerprint density at radius 1 is 1.30 bits per heavy atom. The second-order valence-corrected chi connectivity index (χ2v) is 6.46. The Morgan fingerprint density at radius 2 is 2.17 bits per heavy atom. The van der Waals surface area contributed by atoms with Crippen molar-refractivity contribution in [3.05, 3.63) is 30.1 Å². The molecule has 0 bridgehead atoms. The maximum Gasteiger partial charge on any atom is 0.227 e. The van der Waals surface area contributed by atoms with Crippen molar-refractivity contribution in [1.29, 1.82) is 0 Å². The molecule has 0 radical (unpaired) electrons. The maximum atomic E-state index is 12.6. The molecule has 6 heteroatoms. The fourth-order valence-corrected chi connectivity index (χ4v) is 3.75. The molecule has 2 aromatic rings. The number of carbonyl (C=O) groups excluding carboxylic acids is 1. The van der Waals surface area contributed by atoms with Crippen molar-refractivity contribution in [2.45, 2.75) is 18.9 Å². The minimum atomic E-state index is 0.229. The van der Waals surface area contributed by atoms with Gasteiger partial charge in [0, 0.05) is 63.1 Å². The van der Waals surface area contributed by atoms with Crippen LogP contribution in [0.3, 0.4) is 0 Å². The third-order valence-corrected chi connectivity index (χ3v) is 5.06. The van der Waals surface area contributed by atoms with Crippen molar-refractivity contribution in [2.24, 2.45) is 0 Å². The molecule has 2 fully saturated rings. The van der Waals surface area contributed by atoms with E-state index in [2.05, 4.69) is 20.2 Å². The second-order valence-electron chi connectivity index (χ2n) is 6.46. The van der Waals surface area contributed by atoms with Crippen LogP contribution in [-0.4, -0.2) is 71.0 Å². The molecule has 2 N–H and O–H groups in total. The Bertz CT molecular complexity index is 691. The van der Waals surface area contributed by atoms with Crippen LogP contribution in [0.25, 0.3) is 11.0 Å². The maximum absolute atomic E-state index is 12.6. The molecular weight excluding hydrogens is 290 g/mol. The molecule has 122 valence electrons. The summed E-state index contributed by atoms with van der Waals surface area (Å²) < 4.78 is 0. The topological polar surface area (TPSA) is 64.3 Å². The van der Waals surface area contributed by atoms with E-state index in [1.807, 2.05) is 23.2 Å². The molecule has 0 aromatic carbocycles. The first kappa shape index (κ1) is 14.7. The summed E-state index contributed by atoms with van der Waals surface area (Å²) in [5.74, 6) is 0.229. The van der Waals surface area contributed by atoms with Gasteiger partial charge in [-0.05, 0) is 24.1 Å². The van der Waals surface area contributed by atoms with Crippen molar-refractivity contribution < 1.29 is 4.79 Å². The van der Waals surface area contributed by atoms with Crippen LogP contribution in [0.4, 0.5) is 0 Å². The highest BCUT2D eigenvalue weighted by Gasteiger charge is 2.30. The van der Waals surface area contributed by atoms with Crippen LogP contribution < -0.4 is 5.32 Å². The lowest BCUT2D eigenvalue weighted by molar-refractivity contribution is -0.129. The number of H-pyrrole nitrogens is 1. The molecule has 23 heavy (non-hydrogen) atoms. The minimum absolute atomic E-state index is 0.229. The Hall–Kier alpha value is -1.92. The first-order valence-corrected chi connectivity index (χ1v) is 8.45. The first-order chi connectivity index (χ1) is 11.3. The van der Waals surface area contributed by atoms with Crippen LogP contribution in [-0.2, 0) is 11.2 Å². The summed E-state index contributed by atoms with van der Waals surface area (Å²) >= 11 is 0. The van der Waals surface area contributed by atoms with Crippen molar-refractivity contribution in [3.8, 4) is 0 Å². The average molecular weight is 313 g/mol. The number of piperazine rings is 1. The van der Waals surface area contributed by atoms with Gasteiger partial charge in [-0.1, -0.05) is 0 Å². The van der Waals surface area contributed by atoms with Gasteiger partial charge >= 0.3 is 0 Å². The van der Waals surface area contributed by atoms with Gasteiger partial charge in [-0.2, -0.15) is 0 Å². The molecule has 1 unspecified atom stereocenters. The number of nitrogens with zero attached hydrogens (tertiary/aromatic N) is 3. The zero-order valence-electron chi connectivity index (χ0n) is 13.3. The van der Waals surface area contributed by atoms with E-state index in [9.17, 15) is 4.79 Å². The van der Waals surface area contributed by atoms with Gasteiger partial charge in [-0.25, -0.2) is 4.98 Å². The first-order valence-electron chi connectivity index (χ1n) is 8.45. The number of carbonyl (C=O) groups is 1. The van der Waals surface area contributed by atoms with E-state index in [0.29, 0.717) is 12.5 Å². The Balaban J connectivity index is 1.40. The number of pyridine rings is 1. The summed E-state index contributed by atoms with van der Waals surface area (Å²) in [7, 11) is 0. The predicted octanol–water partition coefficient (Wildman–Crippen LogP) is 0.612. The second kappa shape index (κ2) is 6.29. The molecule has 1 atom stereocenters. The van der Waals surface area contributed by atoms with Crippen LogP contribution in [0.15, 0.2) is 24.5 Å². The van der Waals surface area contributed by atoms with Gasteiger partial charge in [0.2, 0.25) is 5.91 Å². The number of aromatic amines is 1. The van der Waals surface area contributed by atoms with E-state index < -0.39 is 0 Å². The number of hydrogen-bond acceptors (Lipinski definition) is 4. The number of aromatic nitrogens is 2. The smallest absolute Gasteiger partial charge is 0.227 e. The van der Waals surface area contributed by atoms with E-state index in [-0.39, 0.29) is 5.91 Å². The Kier molecular flexibility index (Phi) is 4.01. The third kappa shape index (κ3) is 2.96. The molecule has 4 heterocycles. The number of rotatable bonds is 3. The summed E-state index contributed by atoms with van der Waals surface area (Å²) in [6.45, 7) is 6.08. The highest BCUT2D eigenvalue weighted by atomic mass is 16.2. The predicted molar refractivity (Wildman–Crippen MR) is 89.2 cm³/mol. The van der Waals surface area contributed by atoms with Crippen molar-refractivity contribution >= 4 is 16.9 Å². The van der Waals surface area contributed by atoms with Gasteiger partial charge in [0.25, 0.3) is 0 Å². The van der Waals surface area contributed by atoms with Crippen LogP contribution >= 0.6 is 0 Å². The van der Waals surface area contributed by atoms with Crippen LogP contribution in [0.5, 0.6) is 0 Å². The van der Waals surface area contributed by atoms with E-state index >= 15 is 0 Å². The monoisotopic (exact) mass is 313 g/mol. The van der Waals surface area contributed by atoms with E-state index in [0.717, 1.165) is 62.3 Å². The largest absolute Gasteiger partial charge is 0.346 e. The summed E-state index contributed by atoms with van der Waals surface area (Å²) in [6.07, 6.45) is 5.24. The highest BCUT2D eigenvalue weighted by molar-refractivity contribution is 5.87. The number of nitrogens with one attached hydrogen (secondary N) is 2. The standard InChI is InChI=1S/C17H23N5O/c23-16(10-13-11-20-17-15(13)2-1-4-19-17)22-7-3-14(12-22)21-8-5-18-6-9-21/h1-2,4,11,14,18H,3,5-10,12H2,(H,19,20). The van der Waals surface area contributed by atoms with Gasteiger partial charge in [-0.3, -0.25) is 9.69 Å². The van der Waals surface area contributed by atoms with Crippen molar-refractivity contribution in [3.63, 3.8) is 0 Å². The normalized spacial score (nSPS) is 22.8. The molecular formula is C17H23N5O. The number of fused-ring (bicyclic) bond motifs is 1. The summed E-state index contributed by atoms with van der Waals surface area (Å²) in [6, 6.07) is 4.47. The Morgan fingerprint density at radius 3 is 3.04 bits per heavy atom. The molecule has 0 spiro atoms. The number of likely N-dealkylation sites (tertiary alicyclic amines) is 1. The average Bonchev–Trinajstić information content (AvgIpc) is 3.24. The van der Waals surface area contributed by atoms with Gasteiger partial charge in [0.05, 0.1) is 6.42 Å². The quantitative estimate of drug-likeness (QED) is 0.871.